The van der Waals surface area contributed by atoms with Crippen molar-refractivity contribution in [2.24, 2.45) is 5.92 Å². The standard InChI is InChI=1S/C23H24FNO2/c1-16(2)23(26)15-27-21-12-17(11-20(24)13-21)6-5-7-18-10-19-8-3-4-9-22(19)25-14-18/h3-4,8-14,16H,5-7,15H2,1-2H3. The Kier molecular flexibility index (Phi) is 6.17. The number of pyridine rings is 1. The first kappa shape index (κ1) is 19.0. The molecule has 2 aromatic carbocycles. The van der Waals surface area contributed by atoms with Gasteiger partial charge in [0, 0.05) is 23.6 Å². The molecule has 0 spiro atoms. The van der Waals surface area contributed by atoms with Crippen LogP contribution >= 0.6 is 0 Å². The zero-order valence-corrected chi connectivity index (χ0v) is 15.7. The van der Waals surface area contributed by atoms with Crippen LogP contribution in [0.4, 0.5) is 4.39 Å². The van der Waals surface area contributed by atoms with Crippen molar-refractivity contribution in [2.75, 3.05) is 6.61 Å². The van der Waals surface area contributed by atoms with Crippen LogP contribution in [0.5, 0.6) is 5.75 Å². The lowest BCUT2D eigenvalue weighted by atomic mass is 10.0. The minimum Gasteiger partial charge on any atom is -0.486 e. The highest BCUT2D eigenvalue weighted by Crippen LogP contribution is 2.19. The number of aryl methyl sites for hydroxylation is 2. The number of carbonyl (C=O) groups is 1. The van der Waals surface area contributed by atoms with Crippen molar-refractivity contribution >= 4 is 16.7 Å². The third-order valence-corrected chi connectivity index (χ3v) is 4.53. The van der Waals surface area contributed by atoms with Gasteiger partial charge in [-0.2, -0.15) is 0 Å². The van der Waals surface area contributed by atoms with E-state index in [1.807, 2.05) is 44.3 Å². The molecule has 0 fully saturated rings. The van der Waals surface area contributed by atoms with Crippen LogP contribution in [-0.2, 0) is 17.6 Å². The Bertz CT molecular complexity index is 937. The van der Waals surface area contributed by atoms with Gasteiger partial charge < -0.3 is 4.74 Å². The molecule has 0 saturated heterocycles. The number of fused-ring (bicyclic) bond motifs is 1. The zero-order valence-electron chi connectivity index (χ0n) is 15.7. The number of ketones is 1. The topological polar surface area (TPSA) is 39.2 Å². The zero-order chi connectivity index (χ0) is 19.2. The lowest BCUT2D eigenvalue weighted by Crippen LogP contribution is -2.16. The lowest BCUT2D eigenvalue weighted by Gasteiger charge is -2.10. The molecule has 140 valence electrons. The van der Waals surface area contributed by atoms with Crippen molar-refractivity contribution < 1.29 is 13.9 Å². The molecule has 4 heteroatoms. The second-order valence-corrected chi connectivity index (χ2v) is 7.09. The summed E-state index contributed by atoms with van der Waals surface area (Å²) in [4.78, 5) is 16.2. The molecule has 0 radical (unpaired) electrons. The van der Waals surface area contributed by atoms with Gasteiger partial charge >= 0.3 is 0 Å². The quantitative estimate of drug-likeness (QED) is 0.554. The summed E-state index contributed by atoms with van der Waals surface area (Å²) in [6.45, 7) is 3.62. The summed E-state index contributed by atoms with van der Waals surface area (Å²) in [6.07, 6.45) is 4.39. The maximum absolute atomic E-state index is 13.9. The number of ether oxygens (including phenoxy) is 1. The molecule has 3 nitrogen and oxygen atoms in total. The van der Waals surface area contributed by atoms with Crippen LogP contribution in [0, 0.1) is 11.7 Å². The maximum atomic E-state index is 13.9. The molecule has 1 aromatic heterocycles. The van der Waals surface area contributed by atoms with E-state index in [2.05, 4.69) is 17.1 Å². The molecule has 0 unspecified atom stereocenters. The van der Waals surface area contributed by atoms with Gasteiger partial charge in [0.2, 0.25) is 0 Å². The van der Waals surface area contributed by atoms with Gasteiger partial charge in [-0.15, -0.1) is 0 Å². The molecule has 3 rings (SSSR count). The monoisotopic (exact) mass is 365 g/mol. The fraction of sp³-hybridized carbons (Fsp3) is 0.304. The molecular weight excluding hydrogens is 341 g/mol. The predicted octanol–water partition coefficient (Wildman–Crippen LogP) is 5.15. The Hall–Kier alpha value is -2.75. The minimum absolute atomic E-state index is 0.00427. The average molecular weight is 365 g/mol. The Morgan fingerprint density at radius 2 is 1.85 bits per heavy atom. The van der Waals surface area contributed by atoms with Gasteiger partial charge in [0.05, 0.1) is 5.52 Å². The third-order valence-electron chi connectivity index (χ3n) is 4.53. The van der Waals surface area contributed by atoms with Gasteiger partial charge in [0.25, 0.3) is 0 Å². The van der Waals surface area contributed by atoms with E-state index in [0.717, 1.165) is 35.7 Å². The Labute approximate surface area is 159 Å². The maximum Gasteiger partial charge on any atom is 0.172 e. The normalized spacial score (nSPS) is 11.1. The molecule has 0 atom stereocenters. The highest BCUT2D eigenvalue weighted by Gasteiger charge is 2.09. The second-order valence-electron chi connectivity index (χ2n) is 7.09. The molecule has 3 aromatic rings. The highest BCUT2D eigenvalue weighted by atomic mass is 19.1. The number of benzene rings is 2. The molecule has 0 amide bonds. The number of halogens is 1. The molecule has 27 heavy (non-hydrogen) atoms. The summed E-state index contributed by atoms with van der Waals surface area (Å²) >= 11 is 0. The first-order valence-corrected chi connectivity index (χ1v) is 9.30. The van der Waals surface area contributed by atoms with Gasteiger partial charge in [-0.1, -0.05) is 32.0 Å². The largest absolute Gasteiger partial charge is 0.486 e. The number of carbonyl (C=O) groups excluding carboxylic acids is 1. The Morgan fingerprint density at radius 1 is 1.07 bits per heavy atom. The van der Waals surface area contributed by atoms with Gasteiger partial charge in [-0.3, -0.25) is 9.78 Å². The molecule has 0 aliphatic heterocycles. The van der Waals surface area contributed by atoms with Gasteiger partial charge in [-0.05, 0) is 54.7 Å². The van der Waals surface area contributed by atoms with E-state index in [1.165, 1.54) is 17.7 Å². The van der Waals surface area contributed by atoms with Crippen molar-refractivity contribution in [2.45, 2.75) is 33.1 Å². The van der Waals surface area contributed by atoms with E-state index in [1.54, 1.807) is 0 Å². The number of hydrogen-bond donors (Lipinski definition) is 0. The number of nitrogens with zero attached hydrogens (tertiary/aromatic N) is 1. The van der Waals surface area contributed by atoms with Crippen LogP contribution in [0.25, 0.3) is 10.9 Å². The predicted molar refractivity (Wildman–Crippen MR) is 106 cm³/mol. The first-order valence-electron chi connectivity index (χ1n) is 9.30. The third kappa shape index (κ3) is 5.36. The van der Waals surface area contributed by atoms with E-state index in [0.29, 0.717) is 5.75 Å². The van der Waals surface area contributed by atoms with E-state index in [-0.39, 0.29) is 24.1 Å². The highest BCUT2D eigenvalue weighted by molar-refractivity contribution is 5.81. The van der Waals surface area contributed by atoms with Gasteiger partial charge in [0.15, 0.2) is 5.78 Å². The average Bonchev–Trinajstić information content (AvgIpc) is 2.65. The molecule has 0 aliphatic rings. The Morgan fingerprint density at radius 3 is 2.67 bits per heavy atom. The molecule has 0 N–H and O–H groups in total. The number of Topliss-reactive ketones (excluding diaryl/α,β-unsaturated/α-hetero) is 1. The molecule has 0 aliphatic carbocycles. The number of rotatable bonds is 8. The van der Waals surface area contributed by atoms with Gasteiger partial charge in [0.1, 0.15) is 18.2 Å². The smallest absolute Gasteiger partial charge is 0.172 e. The van der Waals surface area contributed by atoms with Crippen LogP contribution in [0.3, 0.4) is 0 Å². The fourth-order valence-corrected chi connectivity index (χ4v) is 2.92. The van der Waals surface area contributed by atoms with E-state index in [4.69, 9.17) is 4.74 Å². The first-order chi connectivity index (χ1) is 13.0. The minimum atomic E-state index is -0.341. The lowest BCUT2D eigenvalue weighted by molar-refractivity contribution is -0.123. The summed E-state index contributed by atoms with van der Waals surface area (Å²) in [5.74, 6) is -0.0172. The molecular formula is C23H24FNO2. The van der Waals surface area contributed by atoms with Gasteiger partial charge in [-0.25, -0.2) is 4.39 Å². The van der Waals surface area contributed by atoms with E-state index < -0.39 is 0 Å². The summed E-state index contributed by atoms with van der Waals surface area (Å²) in [6, 6.07) is 14.9. The second kappa shape index (κ2) is 8.76. The van der Waals surface area contributed by atoms with Crippen molar-refractivity contribution in [1.29, 1.82) is 0 Å². The summed E-state index contributed by atoms with van der Waals surface area (Å²) in [5, 5.41) is 1.13. The summed E-state index contributed by atoms with van der Waals surface area (Å²) in [7, 11) is 0. The Balaban J connectivity index is 1.59. The van der Waals surface area contributed by atoms with E-state index in [9.17, 15) is 9.18 Å². The van der Waals surface area contributed by atoms with Crippen LogP contribution in [0.15, 0.2) is 54.7 Å². The fourth-order valence-electron chi connectivity index (χ4n) is 2.92. The molecule has 0 bridgehead atoms. The van der Waals surface area contributed by atoms with Crippen LogP contribution in [0.1, 0.15) is 31.4 Å². The van der Waals surface area contributed by atoms with E-state index >= 15 is 0 Å². The van der Waals surface area contributed by atoms with Crippen molar-refractivity contribution in [3.05, 3.63) is 71.7 Å². The summed E-state index contributed by atoms with van der Waals surface area (Å²) in [5.41, 5.74) is 3.03. The number of para-hydroxylation sites is 1. The number of aromatic nitrogens is 1. The van der Waals surface area contributed by atoms with Crippen LogP contribution < -0.4 is 4.74 Å². The van der Waals surface area contributed by atoms with Crippen molar-refractivity contribution in [1.82, 2.24) is 4.98 Å². The van der Waals surface area contributed by atoms with Crippen LogP contribution in [-0.4, -0.2) is 17.4 Å². The van der Waals surface area contributed by atoms with Crippen molar-refractivity contribution in [3.8, 4) is 5.75 Å². The summed E-state index contributed by atoms with van der Waals surface area (Å²) < 4.78 is 19.3. The molecule has 0 saturated carbocycles. The number of hydrogen-bond acceptors (Lipinski definition) is 3. The SMILES string of the molecule is CC(C)C(=O)COc1cc(F)cc(CCCc2cnc3ccccc3c2)c1. The van der Waals surface area contributed by atoms with Crippen LogP contribution in [0.2, 0.25) is 0 Å². The van der Waals surface area contributed by atoms with Crippen molar-refractivity contribution in [3.63, 3.8) is 0 Å². The molecule has 1 heterocycles.